The number of nitrogens with two attached hydrogens (primary N) is 1. The van der Waals surface area contributed by atoms with Crippen molar-refractivity contribution in [3.05, 3.63) is 0 Å². The van der Waals surface area contributed by atoms with E-state index in [2.05, 4.69) is 5.32 Å². The molecule has 0 bridgehead atoms. The zero-order chi connectivity index (χ0) is 15.7. The molecule has 0 aliphatic heterocycles. The summed E-state index contributed by atoms with van der Waals surface area (Å²) in [7, 11) is 0. The summed E-state index contributed by atoms with van der Waals surface area (Å²) < 4.78 is 5.06. The first kappa shape index (κ1) is 18.4. The van der Waals surface area contributed by atoms with Crippen molar-refractivity contribution in [2.45, 2.75) is 52.1 Å². The second-order valence-corrected chi connectivity index (χ2v) is 5.00. The number of rotatable bonds is 9. The lowest BCUT2D eigenvalue weighted by atomic mass is 10.0. The molecule has 0 saturated heterocycles. The van der Waals surface area contributed by atoms with Gasteiger partial charge in [-0.3, -0.25) is 14.4 Å². The second kappa shape index (κ2) is 9.30. The van der Waals surface area contributed by atoms with E-state index in [1.54, 1.807) is 0 Å². The quantitative estimate of drug-likeness (QED) is 0.524. The summed E-state index contributed by atoms with van der Waals surface area (Å²) in [5.74, 6) is -1.98. The van der Waals surface area contributed by atoms with Crippen LogP contribution in [0.4, 0.5) is 0 Å². The molecule has 4 N–H and O–H groups in total. The number of carboxylic acids is 1. The molecule has 0 aromatic rings. The predicted octanol–water partition coefficient (Wildman–Crippen LogP) is 0.273. The summed E-state index contributed by atoms with van der Waals surface area (Å²) in [6, 6.07) is -1.50. The Morgan fingerprint density at radius 3 is 2.35 bits per heavy atom. The number of carboxylic acid groups (broad SMARTS) is 1. The monoisotopic (exact) mass is 288 g/mol. The standard InChI is InChI=1S/C13H24N2O5/c1-4-5-12(18)20-7-10(8(2)3)15-13(19)9(14)6-11(16)17/h8-10H,4-7,14H2,1-3H3,(H,15,19)(H,16,17)/t9-,10-/m1/s1. The first-order valence-electron chi connectivity index (χ1n) is 6.71. The normalized spacial score (nSPS) is 13.7. The van der Waals surface area contributed by atoms with Crippen LogP contribution in [0, 0.1) is 5.92 Å². The van der Waals surface area contributed by atoms with Crippen LogP contribution in [0.25, 0.3) is 0 Å². The van der Waals surface area contributed by atoms with E-state index in [9.17, 15) is 14.4 Å². The minimum Gasteiger partial charge on any atom is -0.481 e. The molecule has 0 heterocycles. The topological polar surface area (TPSA) is 119 Å². The maximum atomic E-state index is 11.7. The highest BCUT2D eigenvalue weighted by atomic mass is 16.5. The maximum Gasteiger partial charge on any atom is 0.305 e. The smallest absolute Gasteiger partial charge is 0.305 e. The largest absolute Gasteiger partial charge is 0.481 e. The zero-order valence-electron chi connectivity index (χ0n) is 12.2. The van der Waals surface area contributed by atoms with Gasteiger partial charge in [0.1, 0.15) is 6.61 Å². The molecule has 0 aliphatic rings. The third-order valence-electron chi connectivity index (χ3n) is 2.74. The minimum atomic E-state index is -1.14. The number of hydrogen-bond acceptors (Lipinski definition) is 5. The van der Waals surface area contributed by atoms with Crippen molar-refractivity contribution in [1.29, 1.82) is 0 Å². The van der Waals surface area contributed by atoms with E-state index >= 15 is 0 Å². The fourth-order valence-corrected chi connectivity index (χ4v) is 1.43. The van der Waals surface area contributed by atoms with Gasteiger partial charge in [0.25, 0.3) is 0 Å². The van der Waals surface area contributed by atoms with Crippen LogP contribution in [0.2, 0.25) is 0 Å². The molecule has 0 spiro atoms. The van der Waals surface area contributed by atoms with Crippen molar-refractivity contribution in [2.24, 2.45) is 11.7 Å². The molecule has 20 heavy (non-hydrogen) atoms. The van der Waals surface area contributed by atoms with E-state index in [4.69, 9.17) is 15.6 Å². The number of ether oxygens (including phenoxy) is 1. The van der Waals surface area contributed by atoms with Crippen LogP contribution in [0.3, 0.4) is 0 Å². The third-order valence-corrected chi connectivity index (χ3v) is 2.74. The lowest BCUT2D eigenvalue weighted by Gasteiger charge is -2.23. The van der Waals surface area contributed by atoms with Crippen molar-refractivity contribution in [2.75, 3.05) is 6.61 Å². The van der Waals surface area contributed by atoms with Gasteiger partial charge in [-0.05, 0) is 12.3 Å². The number of esters is 1. The summed E-state index contributed by atoms with van der Waals surface area (Å²) in [4.78, 5) is 33.5. The van der Waals surface area contributed by atoms with E-state index in [0.29, 0.717) is 12.8 Å². The number of aliphatic carboxylic acids is 1. The van der Waals surface area contributed by atoms with Crippen LogP contribution in [-0.2, 0) is 19.1 Å². The van der Waals surface area contributed by atoms with Crippen molar-refractivity contribution < 1.29 is 24.2 Å². The van der Waals surface area contributed by atoms with E-state index in [1.807, 2.05) is 20.8 Å². The fourth-order valence-electron chi connectivity index (χ4n) is 1.43. The average molecular weight is 288 g/mol. The highest BCUT2D eigenvalue weighted by molar-refractivity contribution is 5.86. The van der Waals surface area contributed by atoms with Gasteiger partial charge in [0, 0.05) is 6.42 Å². The van der Waals surface area contributed by atoms with Crippen LogP contribution in [0.5, 0.6) is 0 Å². The van der Waals surface area contributed by atoms with Gasteiger partial charge in [0.2, 0.25) is 5.91 Å². The molecule has 0 radical (unpaired) electrons. The van der Waals surface area contributed by atoms with Crippen LogP contribution in [-0.4, -0.2) is 41.6 Å². The van der Waals surface area contributed by atoms with E-state index in [1.165, 1.54) is 0 Å². The number of carbonyl (C=O) groups is 3. The highest BCUT2D eigenvalue weighted by Crippen LogP contribution is 2.04. The van der Waals surface area contributed by atoms with Crippen LogP contribution in [0.15, 0.2) is 0 Å². The SMILES string of the molecule is CCCC(=O)OC[C@@H](NC(=O)[C@H](N)CC(=O)O)C(C)C. The van der Waals surface area contributed by atoms with Gasteiger partial charge in [-0.15, -0.1) is 0 Å². The molecule has 0 aromatic carbocycles. The summed E-state index contributed by atoms with van der Waals surface area (Å²) in [5, 5.41) is 11.2. The van der Waals surface area contributed by atoms with Gasteiger partial charge >= 0.3 is 11.9 Å². The molecule has 0 rings (SSSR count). The summed E-state index contributed by atoms with van der Waals surface area (Å²) >= 11 is 0. The summed E-state index contributed by atoms with van der Waals surface area (Å²) in [5.41, 5.74) is 5.47. The second-order valence-electron chi connectivity index (χ2n) is 5.00. The van der Waals surface area contributed by atoms with Crippen LogP contribution in [0.1, 0.15) is 40.0 Å². The van der Waals surface area contributed by atoms with Gasteiger partial charge in [-0.25, -0.2) is 0 Å². The number of amides is 1. The van der Waals surface area contributed by atoms with Crippen molar-refractivity contribution in [3.8, 4) is 0 Å². The molecule has 7 heteroatoms. The molecule has 0 unspecified atom stereocenters. The Hall–Kier alpha value is -1.63. The Morgan fingerprint density at radius 2 is 1.90 bits per heavy atom. The maximum absolute atomic E-state index is 11.7. The Labute approximate surface area is 118 Å². The molecule has 116 valence electrons. The van der Waals surface area contributed by atoms with Gasteiger partial charge < -0.3 is 20.9 Å². The molecule has 0 aromatic heterocycles. The Morgan fingerprint density at radius 1 is 1.30 bits per heavy atom. The lowest BCUT2D eigenvalue weighted by Crippen LogP contribution is -2.49. The number of hydrogen-bond donors (Lipinski definition) is 3. The Balaban J connectivity index is 4.36. The van der Waals surface area contributed by atoms with Crippen LogP contribution >= 0.6 is 0 Å². The predicted molar refractivity (Wildman–Crippen MR) is 72.9 cm³/mol. The van der Waals surface area contributed by atoms with Gasteiger partial charge in [0.15, 0.2) is 0 Å². The third kappa shape index (κ3) is 7.73. The summed E-state index contributed by atoms with van der Waals surface area (Å²) in [6.07, 6.45) is 0.588. The Kier molecular flexibility index (Phi) is 8.54. The fraction of sp³-hybridized carbons (Fsp3) is 0.769. The molecule has 7 nitrogen and oxygen atoms in total. The van der Waals surface area contributed by atoms with E-state index < -0.39 is 24.3 Å². The average Bonchev–Trinajstić information content (AvgIpc) is 2.33. The molecular weight excluding hydrogens is 264 g/mol. The zero-order valence-corrected chi connectivity index (χ0v) is 12.2. The van der Waals surface area contributed by atoms with Crippen molar-refractivity contribution in [1.82, 2.24) is 5.32 Å². The van der Waals surface area contributed by atoms with E-state index in [-0.39, 0.29) is 24.5 Å². The van der Waals surface area contributed by atoms with Crippen molar-refractivity contribution in [3.63, 3.8) is 0 Å². The van der Waals surface area contributed by atoms with Crippen molar-refractivity contribution >= 4 is 17.8 Å². The Bertz CT molecular complexity index is 344. The highest BCUT2D eigenvalue weighted by Gasteiger charge is 2.23. The molecule has 2 atom stereocenters. The molecular formula is C13H24N2O5. The molecule has 0 aliphatic carbocycles. The first-order chi connectivity index (χ1) is 9.27. The number of nitrogens with one attached hydrogen (secondary N) is 1. The van der Waals surface area contributed by atoms with E-state index in [0.717, 1.165) is 0 Å². The molecule has 0 fully saturated rings. The summed E-state index contributed by atoms with van der Waals surface area (Å²) in [6.45, 7) is 5.65. The molecule has 1 amide bonds. The number of carbonyl (C=O) groups excluding carboxylic acids is 2. The first-order valence-corrected chi connectivity index (χ1v) is 6.71. The van der Waals surface area contributed by atoms with Gasteiger partial charge in [0.05, 0.1) is 18.5 Å². The van der Waals surface area contributed by atoms with Gasteiger partial charge in [-0.1, -0.05) is 20.8 Å². The van der Waals surface area contributed by atoms with Gasteiger partial charge in [-0.2, -0.15) is 0 Å². The molecule has 0 saturated carbocycles. The lowest BCUT2D eigenvalue weighted by molar-refractivity contribution is -0.145. The minimum absolute atomic E-state index is 0.0328. The van der Waals surface area contributed by atoms with Crippen LogP contribution < -0.4 is 11.1 Å².